The van der Waals surface area contributed by atoms with Crippen molar-refractivity contribution in [2.75, 3.05) is 18.1 Å². The van der Waals surface area contributed by atoms with Crippen molar-refractivity contribution in [2.45, 2.75) is 32.7 Å². The molecule has 18 heavy (non-hydrogen) atoms. The summed E-state index contributed by atoms with van der Waals surface area (Å²) < 4.78 is 5.17. The summed E-state index contributed by atoms with van der Waals surface area (Å²) in [5.41, 5.74) is 8.89. The molecule has 4 heteroatoms. The van der Waals surface area contributed by atoms with E-state index in [0.29, 0.717) is 13.2 Å². The average Bonchev–Trinajstić information content (AvgIpc) is 2.71. The third-order valence-corrected chi connectivity index (χ3v) is 3.40. The summed E-state index contributed by atoms with van der Waals surface area (Å²) in [5.74, 6) is 0. The van der Waals surface area contributed by atoms with E-state index in [-0.39, 0.29) is 12.1 Å². The molecule has 0 aliphatic carbocycles. The van der Waals surface area contributed by atoms with Gasteiger partial charge < -0.3 is 10.5 Å². The number of carbonyl (C=O) groups is 1. The largest absolute Gasteiger partial charge is 0.447 e. The van der Waals surface area contributed by atoms with E-state index in [9.17, 15) is 4.79 Å². The summed E-state index contributed by atoms with van der Waals surface area (Å²) in [5, 5.41) is 0. The lowest BCUT2D eigenvalue weighted by atomic mass is 10.0. The van der Waals surface area contributed by atoms with Gasteiger partial charge in [0, 0.05) is 0 Å². The third kappa shape index (κ3) is 2.20. The summed E-state index contributed by atoms with van der Waals surface area (Å²) in [7, 11) is 0. The molecule has 0 bridgehead atoms. The third-order valence-electron chi connectivity index (χ3n) is 3.40. The minimum atomic E-state index is -0.252. The van der Waals surface area contributed by atoms with Crippen LogP contribution in [0.1, 0.15) is 24.5 Å². The molecule has 1 amide bonds. The van der Waals surface area contributed by atoms with Crippen molar-refractivity contribution in [3.8, 4) is 0 Å². The molecule has 1 aromatic rings. The number of nitrogens with zero attached hydrogens (tertiary/aromatic N) is 1. The zero-order valence-electron chi connectivity index (χ0n) is 11.0. The molecule has 2 N–H and O–H groups in total. The fourth-order valence-electron chi connectivity index (χ4n) is 2.49. The molecule has 0 aromatic heterocycles. The quantitative estimate of drug-likeness (QED) is 0.889. The Hall–Kier alpha value is -1.55. The molecule has 2 rings (SSSR count). The Morgan fingerprint density at radius 1 is 1.50 bits per heavy atom. The number of amides is 1. The first-order valence-corrected chi connectivity index (χ1v) is 6.43. The maximum Gasteiger partial charge on any atom is 0.414 e. The summed E-state index contributed by atoms with van der Waals surface area (Å²) in [6.07, 6.45) is 1.41. The van der Waals surface area contributed by atoms with Crippen LogP contribution in [0.3, 0.4) is 0 Å². The Bertz CT molecular complexity index is 445. The minimum absolute atomic E-state index is 0.0638. The molecule has 1 fully saturated rings. The molecule has 0 radical (unpaired) electrons. The second-order valence-corrected chi connectivity index (χ2v) is 4.61. The Morgan fingerprint density at radius 3 is 2.94 bits per heavy atom. The van der Waals surface area contributed by atoms with Gasteiger partial charge in [-0.15, -0.1) is 0 Å². The van der Waals surface area contributed by atoms with Crippen molar-refractivity contribution in [1.29, 1.82) is 0 Å². The van der Waals surface area contributed by atoms with Crippen molar-refractivity contribution in [1.82, 2.24) is 0 Å². The molecular formula is C14H20N2O2. The zero-order chi connectivity index (χ0) is 13.1. The van der Waals surface area contributed by atoms with E-state index in [4.69, 9.17) is 10.5 Å². The van der Waals surface area contributed by atoms with Gasteiger partial charge in [0.2, 0.25) is 0 Å². The van der Waals surface area contributed by atoms with Crippen LogP contribution in [0.25, 0.3) is 0 Å². The van der Waals surface area contributed by atoms with E-state index in [1.54, 1.807) is 4.90 Å². The highest BCUT2D eigenvalue weighted by molar-refractivity contribution is 5.92. The minimum Gasteiger partial charge on any atom is -0.447 e. The Balaban J connectivity index is 2.42. The molecule has 1 aromatic carbocycles. The summed E-state index contributed by atoms with van der Waals surface area (Å²) >= 11 is 0. The predicted molar refractivity (Wildman–Crippen MR) is 71.8 cm³/mol. The van der Waals surface area contributed by atoms with Gasteiger partial charge in [-0.25, -0.2) is 4.79 Å². The first-order chi connectivity index (χ1) is 8.69. The maximum atomic E-state index is 11.9. The number of nitrogens with two attached hydrogens (primary N) is 1. The molecule has 1 unspecified atom stereocenters. The molecule has 1 atom stereocenters. The Kier molecular flexibility index (Phi) is 3.87. The van der Waals surface area contributed by atoms with Crippen LogP contribution in [-0.4, -0.2) is 25.3 Å². The van der Waals surface area contributed by atoms with Crippen molar-refractivity contribution >= 4 is 11.8 Å². The van der Waals surface area contributed by atoms with Gasteiger partial charge in [0.15, 0.2) is 0 Å². The van der Waals surface area contributed by atoms with E-state index in [0.717, 1.165) is 24.1 Å². The van der Waals surface area contributed by atoms with Crippen LogP contribution < -0.4 is 10.6 Å². The first kappa shape index (κ1) is 12.9. The molecule has 1 heterocycles. The monoisotopic (exact) mass is 248 g/mol. The van der Waals surface area contributed by atoms with Crippen molar-refractivity contribution < 1.29 is 9.53 Å². The van der Waals surface area contributed by atoms with E-state index >= 15 is 0 Å². The molecule has 0 saturated carbocycles. The average molecular weight is 248 g/mol. The van der Waals surface area contributed by atoms with Crippen molar-refractivity contribution in [3.63, 3.8) is 0 Å². The van der Waals surface area contributed by atoms with Crippen LogP contribution in [0.15, 0.2) is 18.2 Å². The highest BCUT2D eigenvalue weighted by atomic mass is 16.6. The number of cyclic esters (lactones) is 1. The summed E-state index contributed by atoms with van der Waals surface area (Å²) in [6.45, 7) is 5.12. The standard InChI is InChI=1S/C14H20N2O2/c1-3-11-6-4-5-10(2)13(11)16-12(7-8-15)9-18-14(16)17/h4-6,12H,3,7-9,15H2,1-2H3. The normalized spacial score (nSPS) is 19.2. The van der Waals surface area contributed by atoms with Gasteiger partial charge in [-0.05, 0) is 37.4 Å². The molecule has 1 aliphatic heterocycles. The maximum absolute atomic E-state index is 11.9. The van der Waals surface area contributed by atoms with Crippen LogP contribution in [0.4, 0.5) is 10.5 Å². The van der Waals surface area contributed by atoms with Crippen molar-refractivity contribution in [2.24, 2.45) is 5.73 Å². The SMILES string of the molecule is CCc1cccc(C)c1N1C(=O)OCC1CCN. The topological polar surface area (TPSA) is 55.6 Å². The molecule has 4 nitrogen and oxygen atoms in total. The fraction of sp³-hybridized carbons (Fsp3) is 0.500. The Labute approximate surface area is 108 Å². The van der Waals surface area contributed by atoms with Crippen LogP contribution in [0.2, 0.25) is 0 Å². The number of benzene rings is 1. The molecule has 0 spiro atoms. The molecule has 98 valence electrons. The van der Waals surface area contributed by atoms with Crippen LogP contribution in [0.5, 0.6) is 0 Å². The van der Waals surface area contributed by atoms with E-state index in [2.05, 4.69) is 13.0 Å². The number of carbonyl (C=O) groups excluding carboxylic acids is 1. The van der Waals surface area contributed by atoms with E-state index in [1.807, 2.05) is 19.1 Å². The molecular weight excluding hydrogens is 228 g/mol. The van der Waals surface area contributed by atoms with Gasteiger partial charge >= 0.3 is 6.09 Å². The number of hydrogen-bond acceptors (Lipinski definition) is 3. The van der Waals surface area contributed by atoms with Gasteiger partial charge in [0.05, 0.1) is 11.7 Å². The zero-order valence-corrected chi connectivity index (χ0v) is 11.0. The molecule has 1 aliphatic rings. The van der Waals surface area contributed by atoms with Gasteiger partial charge in [0.25, 0.3) is 0 Å². The molecule has 1 saturated heterocycles. The van der Waals surface area contributed by atoms with Gasteiger partial charge in [-0.1, -0.05) is 25.1 Å². The first-order valence-electron chi connectivity index (χ1n) is 6.43. The lowest BCUT2D eigenvalue weighted by Gasteiger charge is -2.25. The predicted octanol–water partition coefficient (Wildman–Crippen LogP) is 2.23. The highest BCUT2D eigenvalue weighted by Gasteiger charge is 2.35. The number of rotatable bonds is 4. The smallest absolute Gasteiger partial charge is 0.414 e. The second-order valence-electron chi connectivity index (χ2n) is 4.61. The van der Waals surface area contributed by atoms with Crippen LogP contribution in [0, 0.1) is 6.92 Å². The summed E-state index contributed by atoms with van der Waals surface area (Å²) in [4.78, 5) is 13.7. The lowest BCUT2D eigenvalue weighted by molar-refractivity contribution is 0.178. The number of para-hydroxylation sites is 1. The number of hydrogen-bond donors (Lipinski definition) is 1. The lowest BCUT2D eigenvalue weighted by Crippen LogP contribution is -2.36. The van der Waals surface area contributed by atoms with Crippen LogP contribution >= 0.6 is 0 Å². The Morgan fingerprint density at radius 2 is 2.28 bits per heavy atom. The highest BCUT2D eigenvalue weighted by Crippen LogP contribution is 2.31. The van der Waals surface area contributed by atoms with Crippen molar-refractivity contribution in [3.05, 3.63) is 29.3 Å². The second kappa shape index (κ2) is 5.40. The fourth-order valence-corrected chi connectivity index (χ4v) is 2.49. The van der Waals surface area contributed by atoms with Gasteiger partial charge in [-0.2, -0.15) is 0 Å². The van der Waals surface area contributed by atoms with Crippen LogP contribution in [-0.2, 0) is 11.2 Å². The van der Waals surface area contributed by atoms with E-state index in [1.165, 1.54) is 5.56 Å². The number of ether oxygens (including phenoxy) is 1. The number of aryl methyl sites for hydroxylation is 2. The van der Waals surface area contributed by atoms with Gasteiger partial charge in [-0.3, -0.25) is 4.90 Å². The summed E-state index contributed by atoms with van der Waals surface area (Å²) in [6, 6.07) is 6.18. The number of anilines is 1. The van der Waals surface area contributed by atoms with Gasteiger partial charge in [0.1, 0.15) is 6.61 Å². The van der Waals surface area contributed by atoms with E-state index < -0.39 is 0 Å².